The minimum atomic E-state index is -0.833. The summed E-state index contributed by atoms with van der Waals surface area (Å²) in [6, 6.07) is 3.60. The van der Waals surface area contributed by atoms with Crippen LogP contribution >= 0.6 is 0 Å². The summed E-state index contributed by atoms with van der Waals surface area (Å²) in [5.41, 5.74) is 6.69. The van der Waals surface area contributed by atoms with Crippen molar-refractivity contribution >= 4 is 0 Å². The fourth-order valence-electron chi connectivity index (χ4n) is 2.05. The van der Waals surface area contributed by atoms with E-state index in [1.807, 2.05) is 0 Å². The van der Waals surface area contributed by atoms with Crippen LogP contribution < -0.4 is 5.73 Å². The number of nitrogens with two attached hydrogens (primary N) is 1. The van der Waals surface area contributed by atoms with Crippen LogP contribution in [0.2, 0.25) is 0 Å². The molecule has 0 saturated heterocycles. The molecular weight excluding hydrogens is 234 g/mol. The largest absolute Gasteiger partial charge is 0.323 e. The Balaban J connectivity index is 2.67. The van der Waals surface area contributed by atoms with Gasteiger partial charge in [-0.15, -0.1) is 0 Å². The summed E-state index contributed by atoms with van der Waals surface area (Å²) in [5, 5.41) is 0. The van der Waals surface area contributed by atoms with E-state index < -0.39 is 11.6 Å². The number of hydrogen-bond acceptors (Lipinski definition) is 2. The molecule has 2 nitrogen and oxygen atoms in total. The third kappa shape index (κ3) is 4.35. The van der Waals surface area contributed by atoms with Gasteiger partial charge in [0.2, 0.25) is 0 Å². The van der Waals surface area contributed by atoms with Crippen LogP contribution in [0, 0.1) is 11.6 Å². The molecule has 0 spiro atoms. The second-order valence-corrected chi connectivity index (χ2v) is 4.58. The molecule has 4 heteroatoms. The monoisotopic (exact) mass is 256 g/mol. The topological polar surface area (TPSA) is 29.3 Å². The zero-order valence-electron chi connectivity index (χ0n) is 11.1. The van der Waals surface area contributed by atoms with Gasteiger partial charge in [-0.2, -0.15) is 0 Å². The first-order valence-corrected chi connectivity index (χ1v) is 6.51. The van der Waals surface area contributed by atoms with Crippen molar-refractivity contribution < 1.29 is 8.78 Å². The Morgan fingerprint density at radius 3 is 2.22 bits per heavy atom. The average Bonchev–Trinajstić information content (AvgIpc) is 2.33. The molecule has 0 bridgehead atoms. The Kier molecular flexibility index (Phi) is 6.22. The summed E-state index contributed by atoms with van der Waals surface area (Å²) in [6.45, 7) is 6.86. The highest BCUT2D eigenvalue weighted by atomic mass is 19.2. The molecule has 102 valence electrons. The van der Waals surface area contributed by atoms with Crippen LogP contribution in [0.3, 0.4) is 0 Å². The van der Waals surface area contributed by atoms with Crippen LogP contribution in [0.25, 0.3) is 0 Å². The smallest absolute Gasteiger partial charge is 0.159 e. The highest BCUT2D eigenvalue weighted by Gasteiger charge is 2.13. The maximum atomic E-state index is 13.1. The van der Waals surface area contributed by atoms with Crippen LogP contribution in [0.15, 0.2) is 18.2 Å². The molecule has 1 aromatic carbocycles. The van der Waals surface area contributed by atoms with Crippen LogP contribution in [0.1, 0.15) is 38.3 Å². The van der Waals surface area contributed by atoms with Gasteiger partial charge in [-0.05, 0) is 43.6 Å². The van der Waals surface area contributed by atoms with Gasteiger partial charge in [0.15, 0.2) is 11.6 Å². The van der Waals surface area contributed by atoms with Crippen molar-refractivity contribution in [2.45, 2.75) is 32.7 Å². The Bertz CT molecular complexity index is 363. The van der Waals surface area contributed by atoms with Gasteiger partial charge in [0.05, 0.1) is 0 Å². The molecule has 1 unspecified atom stereocenters. The molecule has 0 heterocycles. The molecule has 0 aliphatic heterocycles. The van der Waals surface area contributed by atoms with Gasteiger partial charge < -0.3 is 10.6 Å². The van der Waals surface area contributed by atoms with Crippen molar-refractivity contribution in [2.75, 3.05) is 19.6 Å². The van der Waals surface area contributed by atoms with E-state index in [0.717, 1.165) is 32.0 Å². The molecule has 2 N–H and O–H groups in total. The van der Waals surface area contributed by atoms with Gasteiger partial charge >= 0.3 is 0 Å². The van der Waals surface area contributed by atoms with Crippen molar-refractivity contribution in [2.24, 2.45) is 5.73 Å². The molecule has 0 amide bonds. The Labute approximate surface area is 108 Å². The third-order valence-electron chi connectivity index (χ3n) is 2.91. The quantitative estimate of drug-likeness (QED) is 0.812. The fraction of sp³-hybridized carbons (Fsp3) is 0.571. The molecule has 0 aliphatic rings. The first-order valence-electron chi connectivity index (χ1n) is 6.51. The van der Waals surface area contributed by atoms with Crippen molar-refractivity contribution in [1.29, 1.82) is 0 Å². The first kappa shape index (κ1) is 15.1. The lowest BCUT2D eigenvalue weighted by molar-refractivity contribution is 0.258. The van der Waals surface area contributed by atoms with Crippen LogP contribution in [0.4, 0.5) is 8.78 Å². The summed E-state index contributed by atoms with van der Waals surface area (Å²) in [4.78, 5) is 2.26. The van der Waals surface area contributed by atoms with E-state index in [4.69, 9.17) is 5.73 Å². The predicted molar refractivity (Wildman–Crippen MR) is 70.3 cm³/mol. The SMILES string of the molecule is CCCN(CCC)CC(N)c1ccc(F)c(F)c1. The van der Waals surface area contributed by atoms with Crippen LogP contribution in [-0.4, -0.2) is 24.5 Å². The second-order valence-electron chi connectivity index (χ2n) is 4.58. The van der Waals surface area contributed by atoms with Gasteiger partial charge in [0.1, 0.15) is 0 Å². The van der Waals surface area contributed by atoms with Gasteiger partial charge in [0.25, 0.3) is 0 Å². The summed E-state index contributed by atoms with van der Waals surface area (Å²) >= 11 is 0. The summed E-state index contributed by atoms with van der Waals surface area (Å²) < 4.78 is 26.0. The van der Waals surface area contributed by atoms with E-state index in [1.54, 1.807) is 6.07 Å². The summed E-state index contributed by atoms with van der Waals surface area (Å²) in [5.74, 6) is -1.66. The van der Waals surface area contributed by atoms with Gasteiger partial charge in [-0.1, -0.05) is 19.9 Å². The van der Waals surface area contributed by atoms with Crippen LogP contribution in [-0.2, 0) is 0 Å². The van der Waals surface area contributed by atoms with E-state index in [9.17, 15) is 8.78 Å². The average molecular weight is 256 g/mol. The Hall–Kier alpha value is -1.00. The molecule has 0 aromatic heterocycles. The zero-order chi connectivity index (χ0) is 13.5. The van der Waals surface area contributed by atoms with Gasteiger partial charge in [-0.25, -0.2) is 8.78 Å². The van der Waals surface area contributed by atoms with Gasteiger partial charge in [-0.3, -0.25) is 0 Å². The minimum Gasteiger partial charge on any atom is -0.323 e. The molecule has 0 saturated carbocycles. The summed E-state index contributed by atoms with van der Waals surface area (Å²) in [6.07, 6.45) is 2.12. The van der Waals surface area contributed by atoms with E-state index in [-0.39, 0.29) is 6.04 Å². The molecule has 1 rings (SSSR count). The Morgan fingerprint density at radius 2 is 1.72 bits per heavy atom. The second kappa shape index (κ2) is 7.44. The van der Waals surface area contributed by atoms with Crippen LogP contribution in [0.5, 0.6) is 0 Å². The van der Waals surface area contributed by atoms with E-state index in [1.165, 1.54) is 6.07 Å². The Morgan fingerprint density at radius 1 is 1.11 bits per heavy atom. The lowest BCUT2D eigenvalue weighted by atomic mass is 10.1. The van der Waals surface area contributed by atoms with E-state index in [0.29, 0.717) is 12.1 Å². The molecular formula is C14H22F2N2. The molecule has 0 radical (unpaired) electrons. The van der Waals surface area contributed by atoms with Crippen molar-refractivity contribution in [3.8, 4) is 0 Å². The summed E-state index contributed by atoms with van der Waals surface area (Å²) in [7, 11) is 0. The zero-order valence-corrected chi connectivity index (χ0v) is 11.1. The minimum absolute atomic E-state index is 0.279. The number of halogens is 2. The highest BCUT2D eigenvalue weighted by molar-refractivity contribution is 5.21. The maximum absolute atomic E-state index is 13.1. The molecule has 0 fully saturated rings. The standard InChI is InChI=1S/C14H22F2N2/c1-3-7-18(8-4-2)10-14(17)11-5-6-12(15)13(16)9-11/h5-6,9,14H,3-4,7-8,10,17H2,1-2H3. The molecule has 1 atom stereocenters. The molecule has 0 aliphatic carbocycles. The normalized spacial score (nSPS) is 13.0. The number of benzene rings is 1. The predicted octanol–water partition coefficient (Wildman–Crippen LogP) is 3.09. The van der Waals surface area contributed by atoms with Crippen molar-refractivity contribution in [3.05, 3.63) is 35.4 Å². The lowest BCUT2D eigenvalue weighted by Gasteiger charge is -2.25. The number of rotatable bonds is 7. The van der Waals surface area contributed by atoms with Crippen molar-refractivity contribution in [1.82, 2.24) is 4.90 Å². The van der Waals surface area contributed by atoms with Crippen molar-refractivity contribution in [3.63, 3.8) is 0 Å². The third-order valence-corrected chi connectivity index (χ3v) is 2.91. The van der Waals surface area contributed by atoms with E-state index in [2.05, 4.69) is 18.7 Å². The number of nitrogens with zero attached hydrogens (tertiary/aromatic N) is 1. The number of hydrogen-bond donors (Lipinski definition) is 1. The highest BCUT2D eigenvalue weighted by Crippen LogP contribution is 2.16. The molecule has 18 heavy (non-hydrogen) atoms. The van der Waals surface area contributed by atoms with Gasteiger partial charge in [0, 0.05) is 12.6 Å². The molecule has 1 aromatic rings. The lowest BCUT2D eigenvalue weighted by Crippen LogP contribution is -2.33. The maximum Gasteiger partial charge on any atom is 0.159 e. The fourth-order valence-corrected chi connectivity index (χ4v) is 2.05. The first-order chi connectivity index (χ1) is 8.58. The van der Waals surface area contributed by atoms with E-state index >= 15 is 0 Å².